The highest BCUT2D eigenvalue weighted by molar-refractivity contribution is 5.82. The summed E-state index contributed by atoms with van der Waals surface area (Å²) in [7, 11) is 0. The number of carbonyl (C=O) groups excluding carboxylic acids is 1. The van der Waals surface area contributed by atoms with E-state index >= 15 is 0 Å². The van der Waals surface area contributed by atoms with Gasteiger partial charge in [-0.15, -0.1) is 0 Å². The Morgan fingerprint density at radius 2 is 2.40 bits per heavy atom. The maximum atomic E-state index is 12.3. The van der Waals surface area contributed by atoms with Crippen LogP contribution in [0.15, 0.2) is 0 Å². The first-order valence-electron chi connectivity index (χ1n) is 5.35. The van der Waals surface area contributed by atoms with Gasteiger partial charge in [-0.3, -0.25) is 4.79 Å². The van der Waals surface area contributed by atoms with Crippen molar-refractivity contribution >= 4 is 5.91 Å². The van der Waals surface area contributed by atoms with Crippen LogP contribution in [0.5, 0.6) is 0 Å². The lowest BCUT2D eigenvalue weighted by atomic mass is 10.0. The Kier molecular flexibility index (Phi) is 1.95. The van der Waals surface area contributed by atoms with Crippen LogP contribution in [0.2, 0.25) is 0 Å². The van der Waals surface area contributed by atoms with Gasteiger partial charge in [-0.1, -0.05) is 6.92 Å². The summed E-state index contributed by atoms with van der Waals surface area (Å²) in [5, 5.41) is 0. The maximum Gasteiger partial charge on any atom is 0.471 e. The molecule has 0 radical (unpaired) electrons. The van der Waals surface area contributed by atoms with Crippen molar-refractivity contribution in [3.05, 3.63) is 0 Å². The first-order valence-corrected chi connectivity index (χ1v) is 4.77. The van der Waals surface area contributed by atoms with Crippen LogP contribution in [-0.2, 0) is 9.53 Å². The van der Waals surface area contributed by atoms with Gasteiger partial charge in [-0.25, -0.2) is 0 Å². The van der Waals surface area contributed by atoms with Crippen LogP contribution in [0.3, 0.4) is 0 Å². The number of likely N-dealkylation sites (tertiary alicyclic amines) is 1. The molecule has 15 heavy (non-hydrogen) atoms. The normalized spacial score (nSPS) is 40.8. The molecule has 0 aromatic rings. The van der Waals surface area contributed by atoms with Gasteiger partial charge in [0, 0.05) is 6.42 Å². The molecule has 2 aliphatic heterocycles. The monoisotopic (exact) mass is 225 g/mol. The van der Waals surface area contributed by atoms with Crippen molar-refractivity contribution in [2.24, 2.45) is 0 Å². The molecular weight excluding hydrogens is 211 g/mol. The summed E-state index contributed by atoms with van der Waals surface area (Å²) in [5.41, 5.74) is -0.738. The molecule has 86 valence electrons. The molecule has 2 rings (SSSR count). The van der Waals surface area contributed by atoms with E-state index < -0.39 is 30.3 Å². The number of halogens is 3. The van der Waals surface area contributed by atoms with Gasteiger partial charge in [0.2, 0.25) is 0 Å². The van der Waals surface area contributed by atoms with Crippen LogP contribution >= 0.6 is 0 Å². The highest BCUT2D eigenvalue weighted by Crippen LogP contribution is 2.41. The molecule has 2 bridgehead atoms. The number of ether oxygens (including phenoxy) is 1. The Morgan fingerprint density at radius 1 is 1.73 bits per heavy atom. The predicted molar refractivity (Wildman–Crippen MR) is 45.1 cm³/mol. The van der Waals surface area contributed by atoms with Crippen molar-refractivity contribution in [2.75, 3.05) is 13.1 Å². The predicted octanol–water partition coefficient (Wildman–Crippen LogP) is 1.33. The van der Waals surface area contributed by atoms with Crippen molar-refractivity contribution in [2.45, 2.75) is 37.6 Å². The second-order valence-corrected chi connectivity index (χ2v) is 3.99. The van der Waals surface area contributed by atoms with E-state index in [-0.39, 0.29) is 6.54 Å². The maximum absolute atomic E-state index is 12.3. The Labute approximate surface area is 86.6 Å². The molecule has 3 nitrogen and oxygen atoms in total. The first kappa shape index (κ1) is 9.45. The molecule has 0 saturated carbocycles. The van der Waals surface area contributed by atoms with E-state index in [1.807, 2.05) is 0 Å². The van der Waals surface area contributed by atoms with Gasteiger partial charge < -0.3 is 9.64 Å². The third kappa shape index (κ3) is 1.60. The van der Waals surface area contributed by atoms with E-state index in [9.17, 15) is 18.0 Å². The zero-order valence-corrected chi connectivity index (χ0v) is 8.17. The van der Waals surface area contributed by atoms with Gasteiger partial charge in [0.15, 0.2) is 0 Å². The van der Waals surface area contributed by atoms with Crippen LogP contribution in [0.25, 0.3) is 0 Å². The minimum Gasteiger partial charge on any atom is -0.371 e. The summed E-state index contributed by atoms with van der Waals surface area (Å²) >= 11 is 0. The smallest absolute Gasteiger partial charge is 0.371 e. The van der Waals surface area contributed by atoms with E-state index in [2.05, 4.69) is 0 Å². The number of carbonyl (C=O) groups is 1. The zero-order valence-electron chi connectivity index (χ0n) is 9.17. The third-order valence-electron chi connectivity index (χ3n) is 3.06. The van der Waals surface area contributed by atoms with Gasteiger partial charge in [-0.05, 0) is 6.42 Å². The van der Waals surface area contributed by atoms with E-state index in [4.69, 9.17) is 6.11 Å². The molecule has 0 aromatic heterocycles. The van der Waals surface area contributed by atoms with Crippen LogP contribution < -0.4 is 0 Å². The summed E-state index contributed by atoms with van der Waals surface area (Å²) in [6, 6.07) is -0.755. The van der Waals surface area contributed by atoms with Crippen molar-refractivity contribution in [1.29, 1.82) is 0 Å². The molecule has 0 aliphatic carbocycles. The Bertz CT molecular complexity index is 322. The van der Waals surface area contributed by atoms with Crippen LogP contribution in [-0.4, -0.2) is 41.8 Å². The van der Waals surface area contributed by atoms with Crippen molar-refractivity contribution < 1.29 is 24.1 Å². The minimum atomic E-state index is -4.86. The van der Waals surface area contributed by atoms with Crippen LogP contribution in [0.4, 0.5) is 13.2 Å². The second kappa shape index (κ2) is 3.10. The second-order valence-electron chi connectivity index (χ2n) is 3.99. The topological polar surface area (TPSA) is 29.5 Å². The summed E-state index contributed by atoms with van der Waals surface area (Å²) in [6.07, 6.45) is -4.01. The fraction of sp³-hybridized carbons (Fsp3) is 0.889. The number of morpholine rings is 1. The molecule has 1 amide bonds. The van der Waals surface area contributed by atoms with E-state index in [0.717, 1.165) is 4.90 Å². The molecule has 0 unspecified atom stereocenters. The number of hydrogen-bond acceptors (Lipinski definition) is 2. The van der Waals surface area contributed by atoms with Gasteiger partial charge in [0.25, 0.3) is 0 Å². The lowest BCUT2D eigenvalue weighted by molar-refractivity contribution is -0.191. The van der Waals surface area contributed by atoms with E-state index in [0.29, 0.717) is 12.8 Å². The highest BCUT2D eigenvalue weighted by atomic mass is 19.4. The van der Waals surface area contributed by atoms with Crippen LogP contribution in [0, 0.1) is 0 Å². The van der Waals surface area contributed by atoms with Gasteiger partial charge in [0.05, 0.1) is 26.1 Å². The molecule has 0 spiro atoms. The fourth-order valence-electron chi connectivity index (χ4n) is 2.14. The Morgan fingerprint density at radius 3 is 2.87 bits per heavy atom. The van der Waals surface area contributed by atoms with Crippen molar-refractivity contribution in [3.8, 4) is 0 Å². The molecule has 2 saturated heterocycles. The SMILES string of the molecule is [3H][C@@H]1O[C@]2(CC)C[C@H]1N(C(=O)C(F)(F)F)C2. The number of rotatable bonds is 1. The molecule has 2 fully saturated rings. The molecule has 0 aromatic carbocycles. The number of fused-ring (bicyclic) bond motifs is 2. The van der Waals surface area contributed by atoms with E-state index in [1.54, 1.807) is 6.92 Å². The lowest BCUT2D eigenvalue weighted by Crippen LogP contribution is -2.50. The van der Waals surface area contributed by atoms with Crippen LogP contribution in [0.1, 0.15) is 21.1 Å². The zero-order chi connectivity index (χ0) is 12.1. The third-order valence-corrected chi connectivity index (χ3v) is 3.06. The Balaban J connectivity index is 2.19. The summed E-state index contributed by atoms with van der Waals surface area (Å²) in [4.78, 5) is 11.9. The molecule has 2 aliphatic rings. The Hall–Kier alpha value is -0.780. The number of amides is 1. The molecule has 2 heterocycles. The molecular formula is C9H12F3NO2. The highest BCUT2D eigenvalue weighted by Gasteiger charge is 2.56. The van der Waals surface area contributed by atoms with Gasteiger partial charge in [-0.2, -0.15) is 13.2 Å². The molecule has 0 N–H and O–H groups in total. The first-order chi connectivity index (χ1) is 7.29. The molecule has 6 heteroatoms. The number of nitrogens with zero attached hydrogens (tertiary/aromatic N) is 1. The minimum absolute atomic E-state index is 0.0537. The largest absolute Gasteiger partial charge is 0.471 e. The molecule has 3 atom stereocenters. The van der Waals surface area contributed by atoms with Gasteiger partial charge >= 0.3 is 12.1 Å². The fourth-order valence-corrected chi connectivity index (χ4v) is 2.14. The summed E-state index contributed by atoms with van der Waals surface area (Å²) < 4.78 is 49.7. The average Bonchev–Trinajstić information content (AvgIpc) is 2.70. The summed E-state index contributed by atoms with van der Waals surface area (Å²) in [5.74, 6) is -1.85. The average molecular weight is 225 g/mol. The standard InChI is InChI=1S/C9H12F3NO2/c1-2-8-3-6(4-15-8)13(5-8)7(14)9(10,11)12/h6H,2-5H2,1H3/t6-,8-/m1/s1/i4T/t4-,6+,8+/m0. The number of alkyl halides is 3. The van der Waals surface area contributed by atoms with Crippen molar-refractivity contribution in [1.82, 2.24) is 4.90 Å². The van der Waals surface area contributed by atoms with Crippen molar-refractivity contribution in [3.63, 3.8) is 0 Å². The lowest BCUT2D eigenvalue weighted by Gasteiger charge is -2.32. The summed E-state index contributed by atoms with van der Waals surface area (Å²) in [6.45, 7) is 0.679. The van der Waals surface area contributed by atoms with E-state index in [1.165, 1.54) is 0 Å². The van der Waals surface area contributed by atoms with Gasteiger partial charge in [0.1, 0.15) is 0 Å². The number of hydrogen-bond donors (Lipinski definition) is 0. The quantitative estimate of drug-likeness (QED) is 0.673.